The van der Waals surface area contributed by atoms with Crippen molar-refractivity contribution in [2.45, 2.75) is 33.6 Å². The van der Waals surface area contributed by atoms with Crippen LogP contribution in [0.25, 0.3) is 0 Å². The Bertz CT molecular complexity index is 1010. The molecule has 2 aromatic carbocycles. The number of benzene rings is 2. The molecule has 3 rings (SSSR count). The van der Waals surface area contributed by atoms with Crippen molar-refractivity contribution in [2.24, 2.45) is 0 Å². The lowest BCUT2D eigenvalue weighted by molar-refractivity contribution is -0.139. The maximum atomic E-state index is 12.9. The molecule has 0 saturated carbocycles. The minimum absolute atomic E-state index is 0.0429. The summed E-state index contributed by atoms with van der Waals surface area (Å²) in [5.74, 6) is 0.390. The fourth-order valence-electron chi connectivity index (χ4n) is 3.28. The molecule has 2 aromatic rings. The molecule has 1 fully saturated rings. The third kappa shape index (κ3) is 5.78. The van der Waals surface area contributed by atoms with Crippen molar-refractivity contribution in [1.82, 2.24) is 4.90 Å². The van der Waals surface area contributed by atoms with E-state index in [0.717, 1.165) is 28.4 Å². The van der Waals surface area contributed by atoms with Gasteiger partial charge in [-0.2, -0.15) is 0 Å². The van der Waals surface area contributed by atoms with Crippen LogP contribution in [0.15, 0.2) is 42.5 Å². The minimum atomic E-state index is -0.922. The van der Waals surface area contributed by atoms with Gasteiger partial charge in [-0.25, -0.2) is 9.69 Å². The molecule has 0 aromatic heterocycles. The topological polar surface area (TPSA) is 94.6 Å². The molecule has 0 radical (unpaired) electrons. The van der Waals surface area contributed by atoms with Crippen LogP contribution < -0.4 is 23.8 Å². The van der Waals surface area contributed by atoms with E-state index in [9.17, 15) is 14.4 Å². The van der Waals surface area contributed by atoms with Crippen LogP contribution in [0.3, 0.4) is 0 Å². The summed E-state index contributed by atoms with van der Waals surface area (Å²) in [7, 11) is 0. The first kappa shape index (κ1) is 24.9. The van der Waals surface area contributed by atoms with E-state index in [4.69, 9.17) is 18.9 Å². The van der Waals surface area contributed by atoms with Crippen molar-refractivity contribution < 1.29 is 33.3 Å². The van der Waals surface area contributed by atoms with Crippen LogP contribution in [0.5, 0.6) is 23.0 Å². The highest BCUT2D eigenvalue weighted by Crippen LogP contribution is 2.34. The predicted molar refractivity (Wildman–Crippen MR) is 126 cm³/mol. The molecule has 0 unspecified atom stereocenters. The second kappa shape index (κ2) is 11.9. The molecule has 0 spiro atoms. The molecule has 1 saturated heterocycles. The van der Waals surface area contributed by atoms with Gasteiger partial charge in [-0.15, -0.1) is 0 Å². The molecule has 1 heterocycles. The minimum Gasteiger partial charge on any atom is -0.494 e. The lowest BCUT2D eigenvalue weighted by Crippen LogP contribution is -2.36. The second-order valence-electron chi connectivity index (χ2n) is 7.46. The van der Waals surface area contributed by atoms with E-state index in [-0.39, 0.29) is 18.8 Å². The maximum Gasteiger partial charge on any atom is 0.339 e. The third-order valence-electron chi connectivity index (χ3n) is 4.88. The second-order valence-corrected chi connectivity index (χ2v) is 7.46. The Hall–Kier alpha value is -3.75. The Labute approximate surface area is 199 Å². The van der Waals surface area contributed by atoms with Gasteiger partial charge in [-0.1, -0.05) is 13.8 Å². The Morgan fingerprint density at radius 2 is 1.29 bits per heavy atom. The van der Waals surface area contributed by atoms with Crippen LogP contribution in [-0.4, -0.2) is 55.7 Å². The molecular weight excluding hydrogens is 440 g/mol. The standard InChI is InChI=1S/C25H30N2O7/c1-4-14-33-21-12-7-18(17-22(21)34-15-5-2)27-24(29)23(28)26(25(27)30)13-16-32-20-10-8-19(9-11-20)31-6-3/h7-12,17H,4-6,13-16H2,1-3H3. The van der Waals surface area contributed by atoms with Crippen molar-refractivity contribution in [3.8, 4) is 23.0 Å². The number of carbonyl (C=O) groups excluding carboxylic acids is 3. The third-order valence-corrected chi connectivity index (χ3v) is 4.88. The van der Waals surface area contributed by atoms with Gasteiger partial charge in [0, 0.05) is 6.07 Å². The van der Waals surface area contributed by atoms with Gasteiger partial charge in [-0.3, -0.25) is 14.5 Å². The van der Waals surface area contributed by atoms with Gasteiger partial charge in [-0.05, 0) is 56.2 Å². The van der Waals surface area contributed by atoms with Crippen LogP contribution >= 0.6 is 0 Å². The number of ether oxygens (including phenoxy) is 4. The number of anilines is 1. The molecule has 1 aliphatic heterocycles. The Kier molecular flexibility index (Phi) is 8.73. The average Bonchev–Trinajstić information content (AvgIpc) is 3.06. The van der Waals surface area contributed by atoms with Gasteiger partial charge in [0.25, 0.3) is 0 Å². The first-order valence-corrected chi connectivity index (χ1v) is 11.4. The van der Waals surface area contributed by atoms with Gasteiger partial charge in [0.2, 0.25) is 0 Å². The normalized spacial score (nSPS) is 13.4. The maximum absolute atomic E-state index is 12.9. The number of carbonyl (C=O) groups is 3. The smallest absolute Gasteiger partial charge is 0.339 e. The van der Waals surface area contributed by atoms with Crippen LogP contribution in [-0.2, 0) is 9.59 Å². The van der Waals surface area contributed by atoms with Crippen molar-refractivity contribution in [2.75, 3.05) is 37.9 Å². The highest BCUT2D eigenvalue weighted by Gasteiger charge is 2.45. The number of urea groups is 1. The molecule has 0 atom stereocenters. The molecule has 0 N–H and O–H groups in total. The summed E-state index contributed by atoms with van der Waals surface area (Å²) in [5, 5.41) is 0. The molecule has 182 valence electrons. The zero-order chi connectivity index (χ0) is 24.5. The van der Waals surface area contributed by atoms with Gasteiger partial charge < -0.3 is 18.9 Å². The van der Waals surface area contributed by atoms with Crippen molar-refractivity contribution >= 4 is 23.5 Å². The molecular formula is C25H30N2O7. The summed E-state index contributed by atoms with van der Waals surface area (Å²) in [6.45, 7) is 7.34. The summed E-state index contributed by atoms with van der Waals surface area (Å²) < 4.78 is 22.4. The summed E-state index contributed by atoms with van der Waals surface area (Å²) in [6, 6.07) is 11.0. The number of hydrogen-bond acceptors (Lipinski definition) is 7. The first-order chi connectivity index (χ1) is 16.5. The number of amides is 4. The van der Waals surface area contributed by atoms with Gasteiger partial charge >= 0.3 is 17.8 Å². The SMILES string of the molecule is CCCOc1ccc(N2C(=O)C(=O)N(CCOc3ccc(OCC)cc3)C2=O)cc1OCCC. The van der Waals surface area contributed by atoms with Crippen molar-refractivity contribution in [1.29, 1.82) is 0 Å². The highest BCUT2D eigenvalue weighted by atomic mass is 16.5. The van der Waals surface area contributed by atoms with Gasteiger partial charge in [0.05, 0.1) is 32.1 Å². The van der Waals surface area contributed by atoms with Gasteiger partial charge in [0.1, 0.15) is 18.1 Å². The monoisotopic (exact) mass is 470 g/mol. The molecule has 4 amide bonds. The molecule has 1 aliphatic rings. The summed E-state index contributed by atoms with van der Waals surface area (Å²) in [5.41, 5.74) is 0.244. The molecule has 9 heteroatoms. The van der Waals surface area contributed by atoms with Gasteiger partial charge in [0.15, 0.2) is 11.5 Å². The predicted octanol–water partition coefficient (Wildman–Crippen LogP) is 4.04. The van der Waals surface area contributed by atoms with Crippen molar-refractivity contribution in [3.63, 3.8) is 0 Å². The molecule has 9 nitrogen and oxygen atoms in total. The number of hydrogen-bond donors (Lipinski definition) is 0. The summed E-state index contributed by atoms with van der Waals surface area (Å²) >= 11 is 0. The Balaban J connectivity index is 1.68. The summed E-state index contributed by atoms with van der Waals surface area (Å²) in [4.78, 5) is 39.8. The van der Waals surface area contributed by atoms with E-state index < -0.39 is 17.8 Å². The Morgan fingerprint density at radius 1 is 0.676 bits per heavy atom. The van der Waals surface area contributed by atoms with Crippen molar-refractivity contribution in [3.05, 3.63) is 42.5 Å². The van der Waals surface area contributed by atoms with E-state index in [2.05, 4.69) is 0 Å². The first-order valence-electron chi connectivity index (χ1n) is 11.4. The number of rotatable bonds is 13. The van der Waals surface area contributed by atoms with Crippen LogP contribution in [0, 0.1) is 0 Å². The zero-order valence-electron chi connectivity index (χ0n) is 19.7. The van der Waals surface area contributed by atoms with E-state index in [1.807, 2.05) is 20.8 Å². The molecule has 0 bridgehead atoms. The highest BCUT2D eigenvalue weighted by molar-refractivity contribution is 6.52. The van der Waals surface area contributed by atoms with E-state index in [1.54, 1.807) is 42.5 Å². The molecule has 0 aliphatic carbocycles. The van der Waals surface area contributed by atoms with Crippen LogP contribution in [0.1, 0.15) is 33.6 Å². The van der Waals surface area contributed by atoms with E-state index >= 15 is 0 Å². The fraction of sp³-hybridized carbons (Fsp3) is 0.400. The molecule has 34 heavy (non-hydrogen) atoms. The number of nitrogens with zero attached hydrogens (tertiary/aromatic N) is 2. The lowest BCUT2D eigenvalue weighted by atomic mass is 10.2. The largest absolute Gasteiger partial charge is 0.494 e. The number of imide groups is 2. The fourth-order valence-corrected chi connectivity index (χ4v) is 3.28. The Morgan fingerprint density at radius 3 is 1.91 bits per heavy atom. The zero-order valence-corrected chi connectivity index (χ0v) is 19.7. The van der Waals surface area contributed by atoms with Crippen LogP contribution in [0.4, 0.5) is 10.5 Å². The lowest BCUT2D eigenvalue weighted by Gasteiger charge is -2.18. The van der Waals surface area contributed by atoms with E-state index in [0.29, 0.717) is 37.1 Å². The average molecular weight is 471 g/mol. The van der Waals surface area contributed by atoms with Crippen LogP contribution in [0.2, 0.25) is 0 Å². The van der Waals surface area contributed by atoms with E-state index in [1.165, 1.54) is 0 Å². The quantitative estimate of drug-likeness (QED) is 0.322. The summed E-state index contributed by atoms with van der Waals surface area (Å²) in [6.07, 6.45) is 1.60.